The third-order valence-electron chi connectivity index (χ3n) is 3.24. The number of carbonyl (C=O) groups is 1. The topological polar surface area (TPSA) is 64.4 Å². The Morgan fingerprint density at radius 2 is 2.00 bits per heavy atom. The number of ether oxygens (including phenoxy) is 1. The molecule has 0 aromatic heterocycles. The summed E-state index contributed by atoms with van der Waals surface area (Å²) in [4.78, 5) is 11.8. The Balaban J connectivity index is 0.00000288. The van der Waals surface area contributed by atoms with E-state index >= 15 is 0 Å². The minimum absolute atomic E-state index is 0. The molecule has 2 rings (SSSR count). The predicted octanol–water partition coefficient (Wildman–Crippen LogP) is 3.89. The molecule has 2 aromatic carbocycles. The summed E-state index contributed by atoms with van der Waals surface area (Å²) in [5, 5.41) is 2.81. The first-order chi connectivity index (χ1) is 11.0. The van der Waals surface area contributed by atoms with Gasteiger partial charge in [-0.3, -0.25) is 4.79 Å². The third kappa shape index (κ3) is 6.98. The Morgan fingerprint density at radius 3 is 2.71 bits per heavy atom. The fourth-order valence-corrected chi connectivity index (χ4v) is 2.04. The summed E-state index contributed by atoms with van der Waals surface area (Å²) in [6.07, 6.45) is 1.02. The number of halogens is 2. The highest BCUT2D eigenvalue weighted by atomic mass is 35.5. The first-order valence-electron chi connectivity index (χ1n) is 7.55. The summed E-state index contributed by atoms with van der Waals surface area (Å²) < 4.78 is 18.7. The van der Waals surface area contributed by atoms with Crippen LogP contribution in [0.3, 0.4) is 0 Å². The Morgan fingerprint density at radius 1 is 1.25 bits per heavy atom. The monoisotopic (exact) mass is 352 g/mol. The molecule has 0 bridgehead atoms. The van der Waals surface area contributed by atoms with Crippen LogP contribution in [0.2, 0.25) is 0 Å². The van der Waals surface area contributed by atoms with Gasteiger partial charge in [0.2, 0.25) is 5.91 Å². The van der Waals surface area contributed by atoms with E-state index in [2.05, 4.69) is 5.32 Å². The number of anilines is 1. The number of hydrogen-bond donors (Lipinski definition) is 2. The van der Waals surface area contributed by atoms with Crippen molar-refractivity contribution < 1.29 is 13.9 Å². The van der Waals surface area contributed by atoms with Gasteiger partial charge in [-0.25, -0.2) is 4.39 Å². The molecule has 6 heteroatoms. The van der Waals surface area contributed by atoms with E-state index in [1.807, 2.05) is 6.92 Å². The molecule has 0 fully saturated rings. The second kappa shape index (κ2) is 9.90. The average molecular weight is 353 g/mol. The Hall–Kier alpha value is -2.11. The van der Waals surface area contributed by atoms with Crippen molar-refractivity contribution in [1.82, 2.24) is 0 Å². The van der Waals surface area contributed by atoms with Crippen molar-refractivity contribution in [2.24, 2.45) is 5.73 Å². The van der Waals surface area contributed by atoms with Crippen molar-refractivity contribution in [3.05, 3.63) is 59.9 Å². The second-order valence-corrected chi connectivity index (χ2v) is 5.51. The van der Waals surface area contributed by atoms with Crippen LogP contribution in [-0.2, 0) is 11.4 Å². The lowest BCUT2D eigenvalue weighted by atomic mass is 10.2. The van der Waals surface area contributed by atoms with Gasteiger partial charge in [0.25, 0.3) is 0 Å². The number of carbonyl (C=O) groups excluding carboxylic acids is 1. The third-order valence-corrected chi connectivity index (χ3v) is 3.24. The largest absolute Gasteiger partial charge is 0.489 e. The highest BCUT2D eigenvalue weighted by Crippen LogP contribution is 2.19. The Bertz CT molecular complexity index is 665. The zero-order chi connectivity index (χ0) is 16.7. The van der Waals surface area contributed by atoms with E-state index in [1.165, 1.54) is 12.1 Å². The van der Waals surface area contributed by atoms with Crippen LogP contribution in [0.15, 0.2) is 48.5 Å². The molecule has 4 nitrogen and oxygen atoms in total. The van der Waals surface area contributed by atoms with Crippen molar-refractivity contribution in [2.45, 2.75) is 32.4 Å². The highest BCUT2D eigenvalue weighted by Gasteiger charge is 2.05. The van der Waals surface area contributed by atoms with Crippen LogP contribution < -0.4 is 15.8 Å². The Labute approximate surface area is 147 Å². The number of benzene rings is 2. The molecule has 0 radical (unpaired) electrons. The fraction of sp³-hybridized carbons (Fsp3) is 0.278. The van der Waals surface area contributed by atoms with Gasteiger partial charge in [0, 0.05) is 24.2 Å². The van der Waals surface area contributed by atoms with E-state index < -0.39 is 0 Å². The van der Waals surface area contributed by atoms with Crippen LogP contribution in [0, 0.1) is 5.82 Å². The molecular formula is C18H22ClFN2O2. The maximum absolute atomic E-state index is 13.1. The molecule has 0 spiro atoms. The van der Waals surface area contributed by atoms with E-state index in [0.717, 1.165) is 5.56 Å². The standard InChI is InChI=1S/C18H21FN2O2.ClH/c1-13(20)8-9-18(22)21-16-6-3-7-17(11-16)23-12-14-4-2-5-15(19)10-14;/h2-7,10-11,13H,8-9,12,20H2,1H3,(H,21,22);1H. The van der Waals surface area contributed by atoms with Crippen LogP contribution in [0.25, 0.3) is 0 Å². The van der Waals surface area contributed by atoms with Gasteiger partial charge in [-0.15, -0.1) is 12.4 Å². The summed E-state index contributed by atoms with van der Waals surface area (Å²) in [5.41, 5.74) is 7.05. The quantitative estimate of drug-likeness (QED) is 0.794. The molecule has 0 aliphatic rings. The summed E-state index contributed by atoms with van der Waals surface area (Å²) >= 11 is 0. The molecule has 0 heterocycles. The normalized spacial score (nSPS) is 11.3. The average Bonchev–Trinajstić information content (AvgIpc) is 2.51. The zero-order valence-corrected chi connectivity index (χ0v) is 14.3. The molecule has 24 heavy (non-hydrogen) atoms. The summed E-state index contributed by atoms with van der Waals surface area (Å²) in [6, 6.07) is 13.4. The minimum atomic E-state index is -0.291. The number of amides is 1. The van der Waals surface area contributed by atoms with Crippen LogP contribution in [0.4, 0.5) is 10.1 Å². The van der Waals surface area contributed by atoms with Gasteiger partial charge in [-0.05, 0) is 43.2 Å². The van der Waals surface area contributed by atoms with Gasteiger partial charge in [-0.1, -0.05) is 18.2 Å². The number of hydrogen-bond acceptors (Lipinski definition) is 3. The van der Waals surface area contributed by atoms with Crippen molar-refractivity contribution >= 4 is 24.0 Å². The van der Waals surface area contributed by atoms with Crippen LogP contribution in [-0.4, -0.2) is 11.9 Å². The number of rotatable bonds is 7. The van der Waals surface area contributed by atoms with E-state index in [4.69, 9.17) is 10.5 Å². The van der Waals surface area contributed by atoms with Crippen molar-refractivity contribution in [2.75, 3.05) is 5.32 Å². The molecule has 1 atom stereocenters. The van der Waals surface area contributed by atoms with Gasteiger partial charge < -0.3 is 15.8 Å². The zero-order valence-electron chi connectivity index (χ0n) is 13.5. The molecule has 1 unspecified atom stereocenters. The predicted molar refractivity (Wildman–Crippen MR) is 95.9 cm³/mol. The maximum atomic E-state index is 13.1. The van der Waals surface area contributed by atoms with Gasteiger partial charge in [-0.2, -0.15) is 0 Å². The van der Waals surface area contributed by atoms with Gasteiger partial charge in [0.1, 0.15) is 18.2 Å². The molecule has 1 amide bonds. The molecular weight excluding hydrogens is 331 g/mol. The summed E-state index contributed by atoms with van der Waals surface area (Å²) in [7, 11) is 0. The second-order valence-electron chi connectivity index (χ2n) is 5.51. The van der Waals surface area contributed by atoms with Gasteiger partial charge in [0.15, 0.2) is 0 Å². The summed E-state index contributed by atoms with van der Waals surface area (Å²) in [6.45, 7) is 2.13. The number of nitrogens with two attached hydrogens (primary N) is 1. The van der Waals surface area contributed by atoms with Crippen LogP contribution >= 0.6 is 12.4 Å². The van der Waals surface area contributed by atoms with Gasteiger partial charge in [0.05, 0.1) is 0 Å². The van der Waals surface area contributed by atoms with Crippen LogP contribution in [0.1, 0.15) is 25.3 Å². The molecule has 3 N–H and O–H groups in total. The molecule has 0 aliphatic heterocycles. The molecule has 0 saturated carbocycles. The molecule has 0 aliphatic carbocycles. The minimum Gasteiger partial charge on any atom is -0.489 e. The molecule has 130 valence electrons. The lowest BCUT2D eigenvalue weighted by Gasteiger charge is -2.10. The first-order valence-corrected chi connectivity index (χ1v) is 7.55. The van der Waals surface area contributed by atoms with Crippen molar-refractivity contribution in [3.63, 3.8) is 0 Å². The van der Waals surface area contributed by atoms with E-state index in [1.54, 1.807) is 36.4 Å². The number of nitrogens with one attached hydrogen (secondary N) is 1. The van der Waals surface area contributed by atoms with Crippen molar-refractivity contribution in [1.29, 1.82) is 0 Å². The highest BCUT2D eigenvalue weighted by molar-refractivity contribution is 5.90. The summed E-state index contributed by atoms with van der Waals surface area (Å²) in [5.74, 6) is 0.241. The SMILES string of the molecule is CC(N)CCC(=O)Nc1cccc(OCc2cccc(F)c2)c1.Cl. The first kappa shape index (κ1) is 19.9. The van der Waals surface area contributed by atoms with E-state index in [9.17, 15) is 9.18 Å². The smallest absolute Gasteiger partial charge is 0.224 e. The lowest BCUT2D eigenvalue weighted by molar-refractivity contribution is -0.116. The Kier molecular flexibility index (Phi) is 8.22. The van der Waals surface area contributed by atoms with Crippen LogP contribution in [0.5, 0.6) is 5.75 Å². The fourth-order valence-electron chi connectivity index (χ4n) is 2.04. The lowest BCUT2D eigenvalue weighted by Crippen LogP contribution is -2.19. The maximum Gasteiger partial charge on any atom is 0.224 e. The van der Waals surface area contributed by atoms with E-state index in [0.29, 0.717) is 24.3 Å². The van der Waals surface area contributed by atoms with Crippen molar-refractivity contribution in [3.8, 4) is 5.75 Å². The van der Waals surface area contributed by atoms with E-state index in [-0.39, 0.29) is 36.8 Å². The van der Waals surface area contributed by atoms with Gasteiger partial charge >= 0.3 is 0 Å². The molecule has 0 saturated heterocycles. The molecule has 2 aromatic rings.